The Morgan fingerprint density at radius 2 is 2.09 bits per heavy atom. The van der Waals surface area contributed by atoms with Crippen LogP contribution in [0.1, 0.15) is 24.8 Å². The summed E-state index contributed by atoms with van der Waals surface area (Å²) >= 11 is 0. The molecule has 8 heteroatoms. The minimum Gasteiger partial charge on any atom is -0.461 e. The number of nitrogens with two attached hydrogens (primary N) is 1. The molecule has 1 unspecified atom stereocenters. The van der Waals surface area contributed by atoms with Gasteiger partial charge in [0.1, 0.15) is 6.61 Å². The van der Waals surface area contributed by atoms with Crippen LogP contribution in [0, 0.1) is 0 Å². The number of hydrogen-bond acceptors (Lipinski definition) is 5. The third-order valence-corrected chi connectivity index (χ3v) is 3.04. The molecule has 1 aromatic carbocycles. The Labute approximate surface area is 134 Å². The molecule has 0 aliphatic heterocycles. The molecule has 0 fully saturated rings. The maximum atomic E-state index is 11.7. The predicted octanol–water partition coefficient (Wildman–Crippen LogP) is 1.65. The van der Waals surface area contributed by atoms with Crippen LogP contribution < -0.4 is 11.1 Å². The molecule has 0 radical (unpaired) electrons. The zero-order valence-corrected chi connectivity index (χ0v) is 12.9. The lowest BCUT2D eigenvalue weighted by atomic mass is 10.1. The zero-order valence-electron chi connectivity index (χ0n) is 12.9. The molecule has 1 aromatic rings. The standard InChI is InChI=1S/C15H21N5O3/c16-13(15(22)18-9-4-10-19-20-17)7-8-14(21)23-11-12-5-2-1-3-6-12/h1-3,5-6,13H,4,7-11,16H2,(H,18,22). The SMILES string of the molecule is [N-]=[N+]=NCCCNC(=O)C(N)CCC(=O)OCc1ccccc1. The van der Waals surface area contributed by atoms with E-state index in [1.165, 1.54) is 0 Å². The summed E-state index contributed by atoms with van der Waals surface area (Å²) in [6.07, 6.45) is 0.845. The van der Waals surface area contributed by atoms with Crippen LogP contribution in [0.4, 0.5) is 0 Å². The highest BCUT2D eigenvalue weighted by Crippen LogP contribution is 2.03. The highest BCUT2D eigenvalue weighted by Gasteiger charge is 2.15. The number of nitrogens with zero attached hydrogens (tertiary/aromatic N) is 3. The largest absolute Gasteiger partial charge is 0.461 e. The van der Waals surface area contributed by atoms with Crippen LogP contribution in [0.3, 0.4) is 0 Å². The van der Waals surface area contributed by atoms with Gasteiger partial charge in [-0.3, -0.25) is 9.59 Å². The molecule has 0 aliphatic carbocycles. The van der Waals surface area contributed by atoms with Crippen molar-refractivity contribution in [3.8, 4) is 0 Å². The second-order valence-electron chi connectivity index (χ2n) is 4.89. The van der Waals surface area contributed by atoms with Gasteiger partial charge in [0.25, 0.3) is 0 Å². The van der Waals surface area contributed by atoms with E-state index in [0.29, 0.717) is 19.5 Å². The van der Waals surface area contributed by atoms with Crippen molar-refractivity contribution < 1.29 is 14.3 Å². The summed E-state index contributed by atoms with van der Waals surface area (Å²) in [6.45, 7) is 0.905. The maximum Gasteiger partial charge on any atom is 0.306 e. The molecular weight excluding hydrogens is 298 g/mol. The first-order valence-electron chi connectivity index (χ1n) is 7.37. The van der Waals surface area contributed by atoms with Crippen LogP contribution >= 0.6 is 0 Å². The minimum atomic E-state index is -0.765. The summed E-state index contributed by atoms with van der Waals surface area (Å²) in [5.74, 6) is -0.720. The van der Waals surface area contributed by atoms with Crippen molar-refractivity contribution in [3.05, 3.63) is 46.3 Å². The zero-order chi connectivity index (χ0) is 16.9. The van der Waals surface area contributed by atoms with Gasteiger partial charge in [-0.15, -0.1) is 0 Å². The summed E-state index contributed by atoms with van der Waals surface area (Å²) in [4.78, 5) is 25.9. The molecule has 0 aromatic heterocycles. The van der Waals surface area contributed by atoms with Gasteiger partial charge < -0.3 is 15.8 Å². The quantitative estimate of drug-likeness (QED) is 0.223. The Balaban J connectivity index is 2.16. The highest BCUT2D eigenvalue weighted by molar-refractivity contribution is 5.82. The fraction of sp³-hybridized carbons (Fsp3) is 0.467. The molecule has 1 amide bonds. The van der Waals surface area contributed by atoms with E-state index in [0.717, 1.165) is 5.56 Å². The maximum absolute atomic E-state index is 11.7. The lowest BCUT2D eigenvalue weighted by molar-refractivity contribution is -0.145. The molecule has 124 valence electrons. The highest BCUT2D eigenvalue weighted by atomic mass is 16.5. The summed E-state index contributed by atoms with van der Waals surface area (Å²) in [5.41, 5.74) is 14.7. The van der Waals surface area contributed by atoms with E-state index in [9.17, 15) is 9.59 Å². The Morgan fingerprint density at radius 1 is 1.35 bits per heavy atom. The van der Waals surface area contributed by atoms with Crippen molar-refractivity contribution in [2.75, 3.05) is 13.1 Å². The van der Waals surface area contributed by atoms with Crippen molar-refractivity contribution in [3.63, 3.8) is 0 Å². The van der Waals surface area contributed by atoms with E-state index in [2.05, 4.69) is 15.3 Å². The Hall–Kier alpha value is -2.57. The summed E-state index contributed by atoms with van der Waals surface area (Å²) < 4.78 is 5.11. The number of benzene rings is 1. The number of ether oxygens (including phenoxy) is 1. The van der Waals surface area contributed by atoms with Gasteiger partial charge in [0.05, 0.1) is 6.04 Å². The molecule has 0 saturated heterocycles. The van der Waals surface area contributed by atoms with Gasteiger partial charge in [-0.25, -0.2) is 0 Å². The van der Waals surface area contributed by atoms with Crippen LogP contribution in [0.25, 0.3) is 10.4 Å². The first-order valence-corrected chi connectivity index (χ1v) is 7.37. The number of hydrogen-bond donors (Lipinski definition) is 2. The first-order chi connectivity index (χ1) is 11.1. The van der Waals surface area contributed by atoms with Crippen LogP contribution in [-0.2, 0) is 20.9 Å². The van der Waals surface area contributed by atoms with E-state index in [4.69, 9.17) is 16.0 Å². The van der Waals surface area contributed by atoms with E-state index >= 15 is 0 Å². The first kappa shape index (κ1) is 18.5. The van der Waals surface area contributed by atoms with Gasteiger partial charge in [-0.05, 0) is 23.9 Å². The molecule has 0 saturated carbocycles. The Kier molecular flexibility index (Phi) is 8.88. The molecular formula is C15H21N5O3. The van der Waals surface area contributed by atoms with Gasteiger partial charge in [0.15, 0.2) is 0 Å². The van der Waals surface area contributed by atoms with E-state index in [-0.39, 0.29) is 31.3 Å². The molecule has 1 rings (SSSR count). The van der Waals surface area contributed by atoms with Crippen molar-refractivity contribution >= 4 is 11.9 Å². The van der Waals surface area contributed by atoms with Crippen LogP contribution in [0.5, 0.6) is 0 Å². The number of azide groups is 1. The summed E-state index contributed by atoms with van der Waals surface area (Å²) in [5, 5.41) is 5.98. The smallest absolute Gasteiger partial charge is 0.306 e. The molecule has 0 bridgehead atoms. The molecule has 23 heavy (non-hydrogen) atoms. The van der Waals surface area contributed by atoms with Crippen molar-refractivity contribution in [2.24, 2.45) is 10.8 Å². The van der Waals surface area contributed by atoms with Crippen LogP contribution in [0.15, 0.2) is 35.4 Å². The summed E-state index contributed by atoms with van der Waals surface area (Å²) in [7, 11) is 0. The Bertz CT molecular complexity index is 543. The summed E-state index contributed by atoms with van der Waals surface area (Å²) in [6, 6.07) is 8.58. The second-order valence-corrected chi connectivity index (χ2v) is 4.89. The fourth-order valence-electron chi connectivity index (χ4n) is 1.75. The Morgan fingerprint density at radius 3 is 2.78 bits per heavy atom. The van der Waals surface area contributed by atoms with E-state index in [1.807, 2.05) is 30.3 Å². The van der Waals surface area contributed by atoms with Gasteiger partial charge in [-0.2, -0.15) is 0 Å². The molecule has 0 heterocycles. The molecule has 8 nitrogen and oxygen atoms in total. The number of carbonyl (C=O) groups excluding carboxylic acids is 2. The predicted molar refractivity (Wildman–Crippen MR) is 85.1 cm³/mol. The monoisotopic (exact) mass is 319 g/mol. The lowest BCUT2D eigenvalue weighted by Crippen LogP contribution is -2.41. The molecule has 3 N–H and O–H groups in total. The number of nitrogens with one attached hydrogen (secondary N) is 1. The van der Waals surface area contributed by atoms with Gasteiger partial charge in [0, 0.05) is 24.4 Å². The molecule has 1 atom stereocenters. The third kappa shape index (κ3) is 8.45. The van der Waals surface area contributed by atoms with Gasteiger partial charge in [0.2, 0.25) is 5.91 Å². The lowest BCUT2D eigenvalue weighted by Gasteiger charge is -2.11. The number of amides is 1. The second kappa shape index (κ2) is 11.1. The average molecular weight is 319 g/mol. The minimum absolute atomic E-state index is 0.0835. The topological polar surface area (TPSA) is 130 Å². The van der Waals surface area contributed by atoms with E-state index < -0.39 is 6.04 Å². The number of rotatable bonds is 10. The number of esters is 1. The van der Waals surface area contributed by atoms with Crippen LogP contribution in [0.2, 0.25) is 0 Å². The van der Waals surface area contributed by atoms with Gasteiger partial charge >= 0.3 is 5.97 Å². The van der Waals surface area contributed by atoms with Crippen molar-refractivity contribution in [1.29, 1.82) is 0 Å². The molecule has 0 aliphatic rings. The van der Waals surface area contributed by atoms with Crippen molar-refractivity contribution in [2.45, 2.75) is 31.9 Å². The van der Waals surface area contributed by atoms with E-state index in [1.54, 1.807) is 0 Å². The number of carbonyl (C=O) groups is 2. The van der Waals surface area contributed by atoms with Gasteiger partial charge in [-0.1, -0.05) is 35.4 Å². The average Bonchev–Trinajstić information content (AvgIpc) is 2.58. The van der Waals surface area contributed by atoms with Crippen molar-refractivity contribution in [1.82, 2.24) is 5.32 Å². The third-order valence-electron chi connectivity index (χ3n) is 3.04. The van der Waals surface area contributed by atoms with Crippen LogP contribution in [-0.4, -0.2) is 31.0 Å². The molecule has 0 spiro atoms. The fourth-order valence-corrected chi connectivity index (χ4v) is 1.75. The normalized spacial score (nSPS) is 11.2.